The summed E-state index contributed by atoms with van der Waals surface area (Å²) in [6.45, 7) is 8.82. The van der Waals surface area contributed by atoms with Crippen molar-refractivity contribution in [1.82, 2.24) is 5.43 Å². The van der Waals surface area contributed by atoms with Crippen molar-refractivity contribution in [2.24, 2.45) is 5.92 Å². The quantitative estimate of drug-likeness (QED) is 0.697. The molecule has 0 spiro atoms. The number of amides is 1. The van der Waals surface area contributed by atoms with Crippen LogP contribution in [0.25, 0.3) is 0 Å². The Balaban J connectivity index is 2.76. The summed E-state index contributed by atoms with van der Waals surface area (Å²) < 4.78 is -0.677. The van der Waals surface area contributed by atoms with Crippen LogP contribution in [0.1, 0.15) is 53.9 Å². The Morgan fingerprint density at radius 2 is 1.86 bits per heavy atom. The number of allylic oxidation sites excluding steroid dienone is 1. The van der Waals surface area contributed by atoms with Gasteiger partial charge in [-0.15, -0.1) is 4.59 Å². The first-order valence-corrected chi connectivity index (χ1v) is 7.42. The van der Waals surface area contributed by atoms with E-state index in [0.717, 1.165) is 18.5 Å². The monoisotopic (exact) mass is 297 g/mol. The maximum Gasteiger partial charge on any atom is 0.540 e. The summed E-state index contributed by atoms with van der Waals surface area (Å²) in [5.41, 5.74) is 2.32. The third-order valence-corrected chi connectivity index (χ3v) is 5.03. The number of hydrogen-bond donors (Lipinski definition) is 3. The molecule has 1 aliphatic heterocycles. The van der Waals surface area contributed by atoms with Gasteiger partial charge in [0.1, 0.15) is 5.54 Å². The Morgan fingerprint density at radius 3 is 2.10 bits per heavy atom. The molecule has 2 unspecified atom stereocenters. The molecule has 0 bridgehead atoms. The summed E-state index contributed by atoms with van der Waals surface area (Å²) in [5, 5.41) is 19.9. The molecule has 0 aromatic carbocycles. The molecule has 0 radical (unpaired) electrons. The molecule has 0 saturated heterocycles. The first-order valence-electron chi connectivity index (χ1n) is 7.42. The third-order valence-electron chi connectivity index (χ3n) is 5.03. The maximum atomic E-state index is 12.2. The van der Waals surface area contributed by atoms with Crippen LogP contribution >= 0.6 is 0 Å². The SMILES string of the molecule is CCC1(C(=O)O)C(C)=C(C2CC2)N[N+]1(C(=O)O)C(C)(C)C. The van der Waals surface area contributed by atoms with E-state index in [1.807, 2.05) is 0 Å². The topological polar surface area (TPSA) is 86.6 Å². The fourth-order valence-corrected chi connectivity index (χ4v) is 3.80. The highest BCUT2D eigenvalue weighted by Crippen LogP contribution is 2.51. The molecule has 2 atom stereocenters. The van der Waals surface area contributed by atoms with Crippen molar-refractivity contribution in [1.29, 1.82) is 0 Å². The summed E-state index contributed by atoms with van der Waals surface area (Å²) >= 11 is 0. The van der Waals surface area contributed by atoms with Gasteiger partial charge in [0.25, 0.3) is 5.54 Å². The first-order chi connectivity index (χ1) is 9.56. The summed E-state index contributed by atoms with van der Waals surface area (Å²) in [4.78, 5) is 24.4. The fourth-order valence-electron chi connectivity index (χ4n) is 3.80. The summed E-state index contributed by atoms with van der Waals surface area (Å²) in [7, 11) is 0. The van der Waals surface area contributed by atoms with E-state index >= 15 is 0 Å². The van der Waals surface area contributed by atoms with E-state index in [2.05, 4.69) is 5.43 Å². The van der Waals surface area contributed by atoms with Gasteiger partial charge in [0.15, 0.2) is 0 Å². The van der Waals surface area contributed by atoms with Crippen molar-refractivity contribution >= 4 is 12.1 Å². The van der Waals surface area contributed by atoms with Gasteiger partial charge < -0.3 is 10.2 Å². The van der Waals surface area contributed by atoms with Gasteiger partial charge >= 0.3 is 12.1 Å². The zero-order valence-electron chi connectivity index (χ0n) is 13.4. The molecule has 1 amide bonds. The number of hydrogen-bond acceptors (Lipinski definition) is 3. The lowest BCUT2D eigenvalue weighted by atomic mass is 9.82. The molecule has 0 aromatic rings. The number of aliphatic carboxylic acids is 1. The van der Waals surface area contributed by atoms with Gasteiger partial charge in [0.05, 0.1) is 5.70 Å². The van der Waals surface area contributed by atoms with Crippen molar-refractivity contribution in [2.75, 3.05) is 0 Å². The number of carbonyl (C=O) groups is 2. The standard InChI is InChI=1S/C15H24N2O4/c1-6-15(12(18)19)9(2)11(10-7-8-10)16-17(15,13(20)21)14(3,4)5/h10,16H,6-8H2,1-5H3,(H-,18,19,20,21)/p+1. The number of quaternary nitrogens is 1. The summed E-state index contributed by atoms with van der Waals surface area (Å²) in [6.07, 6.45) is 1.05. The second-order valence-corrected chi connectivity index (χ2v) is 7.07. The highest BCUT2D eigenvalue weighted by atomic mass is 16.4. The molecule has 1 aliphatic carbocycles. The van der Waals surface area contributed by atoms with E-state index < -0.39 is 27.7 Å². The molecule has 118 valence electrons. The molecule has 1 saturated carbocycles. The predicted octanol–water partition coefficient (Wildman–Crippen LogP) is 2.72. The van der Waals surface area contributed by atoms with Crippen molar-refractivity contribution in [3.8, 4) is 0 Å². The van der Waals surface area contributed by atoms with E-state index in [0.29, 0.717) is 5.57 Å². The average molecular weight is 297 g/mol. The average Bonchev–Trinajstić information content (AvgIpc) is 3.12. The minimum absolute atomic E-state index is 0.223. The molecule has 6 nitrogen and oxygen atoms in total. The number of carboxylic acid groups (broad SMARTS) is 2. The van der Waals surface area contributed by atoms with Crippen LogP contribution in [0, 0.1) is 5.92 Å². The van der Waals surface area contributed by atoms with E-state index in [1.165, 1.54) is 0 Å². The number of rotatable bonds is 3. The number of nitrogens with zero attached hydrogens (tertiary/aromatic N) is 1. The first kappa shape index (κ1) is 15.8. The number of carboxylic acids is 1. The van der Waals surface area contributed by atoms with Crippen molar-refractivity contribution < 1.29 is 24.4 Å². The highest BCUT2D eigenvalue weighted by molar-refractivity contribution is 5.85. The lowest BCUT2D eigenvalue weighted by molar-refractivity contribution is -0.966. The molecular weight excluding hydrogens is 272 g/mol. The minimum atomic E-state index is -1.47. The molecule has 1 heterocycles. The third kappa shape index (κ3) is 1.75. The lowest BCUT2D eigenvalue weighted by Crippen LogP contribution is -2.79. The number of nitrogens with one attached hydrogen (secondary N) is 1. The van der Waals surface area contributed by atoms with Crippen LogP contribution in [0.15, 0.2) is 11.3 Å². The van der Waals surface area contributed by atoms with Gasteiger partial charge in [0, 0.05) is 17.9 Å². The molecule has 21 heavy (non-hydrogen) atoms. The van der Waals surface area contributed by atoms with Crippen LogP contribution in [0.2, 0.25) is 0 Å². The zero-order chi connectivity index (χ0) is 16.2. The van der Waals surface area contributed by atoms with Crippen LogP contribution in [-0.4, -0.2) is 37.9 Å². The van der Waals surface area contributed by atoms with Gasteiger partial charge in [-0.05, 0) is 40.5 Å². The second-order valence-electron chi connectivity index (χ2n) is 7.07. The fraction of sp³-hybridized carbons (Fsp3) is 0.733. The molecule has 1 fully saturated rings. The lowest BCUT2D eigenvalue weighted by Gasteiger charge is -2.48. The van der Waals surface area contributed by atoms with Crippen molar-refractivity contribution in [3.63, 3.8) is 0 Å². The van der Waals surface area contributed by atoms with E-state index in [-0.39, 0.29) is 12.3 Å². The van der Waals surface area contributed by atoms with Gasteiger partial charge in [-0.25, -0.2) is 10.2 Å². The Kier molecular flexibility index (Phi) is 3.36. The van der Waals surface area contributed by atoms with Crippen LogP contribution in [0.4, 0.5) is 4.79 Å². The molecule has 2 rings (SSSR count). The van der Waals surface area contributed by atoms with Crippen LogP contribution < -0.4 is 5.43 Å². The predicted molar refractivity (Wildman–Crippen MR) is 77.3 cm³/mol. The molecule has 3 N–H and O–H groups in total. The van der Waals surface area contributed by atoms with Gasteiger partial charge in [-0.2, -0.15) is 4.79 Å². The second kappa shape index (κ2) is 4.47. The van der Waals surface area contributed by atoms with E-state index in [9.17, 15) is 19.8 Å². The Morgan fingerprint density at radius 1 is 1.33 bits per heavy atom. The molecule has 0 aromatic heterocycles. The smallest absolute Gasteiger partial charge is 0.476 e. The van der Waals surface area contributed by atoms with E-state index in [4.69, 9.17) is 0 Å². The Labute approximate surface area is 125 Å². The van der Waals surface area contributed by atoms with Crippen LogP contribution in [-0.2, 0) is 4.79 Å². The summed E-state index contributed by atoms with van der Waals surface area (Å²) in [5.74, 6) is -0.806. The zero-order valence-corrected chi connectivity index (χ0v) is 13.4. The molecular formula is C15H25N2O4+. The normalized spacial score (nSPS) is 33.0. The molecule has 6 heteroatoms. The maximum absolute atomic E-state index is 12.2. The minimum Gasteiger partial charge on any atom is -0.476 e. The Bertz CT molecular complexity index is 530. The van der Waals surface area contributed by atoms with E-state index in [1.54, 1.807) is 34.6 Å². The van der Waals surface area contributed by atoms with Crippen molar-refractivity contribution in [3.05, 3.63) is 11.3 Å². The van der Waals surface area contributed by atoms with Crippen molar-refractivity contribution in [2.45, 2.75) is 65.0 Å². The van der Waals surface area contributed by atoms with Gasteiger partial charge in [-0.1, -0.05) is 6.92 Å². The largest absolute Gasteiger partial charge is 0.540 e. The van der Waals surface area contributed by atoms with Gasteiger partial charge in [0.2, 0.25) is 0 Å². The summed E-state index contributed by atoms with van der Waals surface area (Å²) in [6, 6.07) is 0. The van der Waals surface area contributed by atoms with Gasteiger partial charge in [-0.3, -0.25) is 0 Å². The van der Waals surface area contributed by atoms with Crippen LogP contribution in [0.5, 0.6) is 0 Å². The highest BCUT2D eigenvalue weighted by Gasteiger charge is 2.73. The van der Waals surface area contributed by atoms with Crippen LogP contribution in [0.3, 0.4) is 0 Å². The Hall–Kier alpha value is -1.56. The molecule has 2 aliphatic rings.